The molecule has 104 valence electrons. The Kier molecular flexibility index (Phi) is 4.30. The second kappa shape index (κ2) is 6.14. The number of carboxylic acid groups (broad SMARTS) is 1. The van der Waals surface area contributed by atoms with Crippen molar-refractivity contribution in [3.63, 3.8) is 0 Å². The number of ether oxygens (including phenoxy) is 1. The zero-order valence-corrected chi connectivity index (χ0v) is 11.5. The van der Waals surface area contributed by atoms with Crippen molar-refractivity contribution in [2.24, 2.45) is 0 Å². The van der Waals surface area contributed by atoms with Gasteiger partial charge in [-0.2, -0.15) is 0 Å². The van der Waals surface area contributed by atoms with Crippen molar-refractivity contribution >= 4 is 5.97 Å². The van der Waals surface area contributed by atoms with Crippen LogP contribution in [0.3, 0.4) is 0 Å². The summed E-state index contributed by atoms with van der Waals surface area (Å²) >= 11 is 0. The minimum absolute atomic E-state index is 0.163. The quantitative estimate of drug-likeness (QED) is 0.904. The number of methoxy groups -OCH3 is 1. The van der Waals surface area contributed by atoms with Crippen LogP contribution in [0.2, 0.25) is 0 Å². The number of hydrogen-bond donors (Lipinski definition) is 1. The van der Waals surface area contributed by atoms with Gasteiger partial charge in [-0.25, -0.2) is 14.8 Å². The standard InChI is InChI=1S/C15H16N2O3/c1-3-12-11(15(18)19)9-16-14(17-12)8-10-6-4-5-7-13(10)20-2/h4-7,9H,3,8H2,1-2H3,(H,18,19). The van der Waals surface area contributed by atoms with E-state index in [1.165, 1.54) is 6.20 Å². The van der Waals surface area contributed by atoms with E-state index in [-0.39, 0.29) is 5.56 Å². The van der Waals surface area contributed by atoms with E-state index < -0.39 is 5.97 Å². The van der Waals surface area contributed by atoms with E-state index in [1.807, 2.05) is 31.2 Å². The summed E-state index contributed by atoms with van der Waals surface area (Å²) in [6.45, 7) is 1.88. The number of aromatic nitrogens is 2. The molecular formula is C15H16N2O3. The van der Waals surface area contributed by atoms with Gasteiger partial charge in [-0.1, -0.05) is 25.1 Å². The predicted molar refractivity (Wildman–Crippen MR) is 74.2 cm³/mol. The van der Waals surface area contributed by atoms with Gasteiger partial charge in [0.2, 0.25) is 0 Å². The van der Waals surface area contributed by atoms with Gasteiger partial charge in [-0.3, -0.25) is 0 Å². The Bertz CT molecular complexity index is 626. The van der Waals surface area contributed by atoms with E-state index in [4.69, 9.17) is 9.84 Å². The zero-order valence-electron chi connectivity index (χ0n) is 11.5. The van der Waals surface area contributed by atoms with Crippen molar-refractivity contribution in [1.82, 2.24) is 9.97 Å². The Morgan fingerprint density at radius 2 is 2.10 bits per heavy atom. The molecule has 0 saturated carbocycles. The van der Waals surface area contributed by atoms with Crippen molar-refractivity contribution in [3.05, 3.63) is 53.1 Å². The summed E-state index contributed by atoms with van der Waals surface area (Å²) in [4.78, 5) is 19.5. The molecule has 0 aliphatic rings. The van der Waals surface area contributed by atoms with Crippen molar-refractivity contribution in [3.8, 4) is 5.75 Å². The van der Waals surface area contributed by atoms with Gasteiger partial charge < -0.3 is 9.84 Å². The molecule has 0 atom stereocenters. The Balaban J connectivity index is 2.32. The molecule has 0 aliphatic heterocycles. The molecular weight excluding hydrogens is 256 g/mol. The van der Waals surface area contributed by atoms with Gasteiger partial charge in [0.15, 0.2) is 0 Å². The summed E-state index contributed by atoms with van der Waals surface area (Å²) in [5, 5.41) is 9.06. The van der Waals surface area contributed by atoms with E-state index >= 15 is 0 Å². The van der Waals surface area contributed by atoms with E-state index in [1.54, 1.807) is 7.11 Å². The first-order chi connectivity index (χ1) is 9.65. The number of para-hydroxylation sites is 1. The van der Waals surface area contributed by atoms with Gasteiger partial charge in [0.1, 0.15) is 11.6 Å². The second-order valence-corrected chi connectivity index (χ2v) is 4.29. The first kappa shape index (κ1) is 14.0. The molecule has 1 aromatic carbocycles. The van der Waals surface area contributed by atoms with Crippen LogP contribution in [0.4, 0.5) is 0 Å². The molecule has 2 aromatic rings. The molecule has 20 heavy (non-hydrogen) atoms. The molecule has 1 aromatic heterocycles. The first-order valence-corrected chi connectivity index (χ1v) is 6.35. The fourth-order valence-corrected chi connectivity index (χ4v) is 2.01. The van der Waals surface area contributed by atoms with E-state index in [2.05, 4.69) is 9.97 Å². The summed E-state index contributed by atoms with van der Waals surface area (Å²) < 4.78 is 5.29. The molecule has 0 bridgehead atoms. The Hall–Kier alpha value is -2.43. The number of aromatic carboxylic acids is 1. The molecule has 0 fully saturated rings. The van der Waals surface area contributed by atoms with Gasteiger partial charge in [-0.15, -0.1) is 0 Å². The highest BCUT2D eigenvalue weighted by atomic mass is 16.5. The maximum Gasteiger partial charge on any atom is 0.339 e. The lowest BCUT2D eigenvalue weighted by Crippen LogP contribution is -2.09. The Morgan fingerprint density at radius 1 is 1.35 bits per heavy atom. The number of carbonyl (C=O) groups is 1. The maximum absolute atomic E-state index is 11.1. The average molecular weight is 272 g/mol. The molecule has 1 N–H and O–H groups in total. The molecule has 0 unspecified atom stereocenters. The van der Waals surface area contributed by atoms with Crippen molar-refractivity contribution in [1.29, 1.82) is 0 Å². The molecule has 5 nitrogen and oxygen atoms in total. The smallest absolute Gasteiger partial charge is 0.339 e. The first-order valence-electron chi connectivity index (χ1n) is 6.35. The number of benzene rings is 1. The van der Waals surface area contributed by atoms with Crippen molar-refractivity contribution in [2.75, 3.05) is 7.11 Å². The van der Waals surface area contributed by atoms with Gasteiger partial charge in [0, 0.05) is 18.2 Å². The predicted octanol–water partition coefficient (Wildman–Crippen LogP) is 2.34. The van der Waals surface area contributed by atoms with Crippen molar-refractivity contribution < 1.29 is 14.6 Å². The molecule has 1 heterocycles. The third kappa shape index (κ3) is 2.93. The van der Waals surface area contributed by atoms with Crippen LogP contribution in [0.1, 0.15) is 34.4 Å². The van der Waals surface area contributed by atoms with Crippen LogP contribution in [-0.4, -0.2) is 28.2 Å². The third-order valence-electron chi connectivity index (χ3n) is 3.02. The lowest BCUT2D eigenvalue weighted by Gasteiger charge is -2.09. The maximum atomic E-state index is 11.1. The third-order valence-corrected chi connectivity index (χ3v) is 3.02. The fourth-order valence-electron chi connectivity index (χ4n) is 2.01. The highest BCUT2D eigenvalue weighted by Crippen LogP contribution is 2.20. The SMILES string of the molecule is CCc1nc(Cc2ccccc2OC)ncc1C(=O)O. The topological polar surface area (TPSA) is 72.3 Å². The highest BCUT2D eigenvalue weighted by Gasteiger charge is 2.13. The monoisotopic (exact) mass is 272 g/mol. The number of aryl methyl sites for hydroxylation is 1. The fraction of sp³-hybridized carbons (Fsp3) is 0.267. The minimum Gasteiger partial charge on any atom is -0.496 e. The van der Waals surface area contributed by atoms with Crippen LogP contribution in [0, 0.1) is 0 Å². The Labute approximate surface area is 117 Å². The summed E-state index contributed by atoms with van der Waals surface area (Å²) in [5.74, 6) is 0.374. The van der Waals surface area contributed by atoms with E-state index in [0.29, 0.717) is 24.4 Å². The van der Waals surface area contributed by atoms with Gasteiger partial charge in [0.05, 0.1) is 18.4 Å². The van der Waals surface area contributed by atoms with Gasteiger partial charge >= 0.3 is 5.97 Å². The van der Waals surface area contributed by atoms with Gasteiger partial charge in [-0.05, 0) is 12.5 Å². The molecule has 0 aliphatic carbocycles. The van der Waals surface area contributed by atoms with E-state index in [0.717, 1.165) is 11.3 Å². The molecule has 0 radical (unpaired) electrons. The van der Waals surface area contributed by atoms with Crippen LogP contribution in [0.15, 0.2) is 30.5 Å². The zero-order chi connectivity index (χ0) is 14.5. The second-order valence-electron chi connectivity index (χ2n) is 4.29. The largest absolute Gasteiger partial charge is 0.496 e. The number of rotatable bonds is 5. The lowest BCUT2D eigenvalue weighted by atomic mass is 10.1. The van der Waals surface area contributed by atoms with Gasteiger partial charge in [0.25, 0.3) is 0 Å². The molecule has 0 spiro atoms. The average Bonchev–Trinajstić information content (AvgIpc) is 2.47. The number of hydrogen-bond acceptors (Lipinski definition) is 4. The molecule has 5 heteroatoms. The molecule has 2 rings (SSSR count). The van der Waals surface area contributed by atoms with Crippen LogP contribution in [0.5, 0.6) is 5.75 Å². The highest BCUT2D eigenvalue weighted by molar-refractivity contribution is 5.88. The number of carboxylic acids is 1. The summed E-state index contributed by atoms with van der Waals surface area (Å²) in [6.07, 6.45) is 2.44. The normalized spacial score (nSPS) is 10.3. The van der Waals surface area contributed by atoms with Crippen LogP contribution < -0.4 is 4.74 Å². The van der Waals surface area contributed by atoms with Crippen LogP contribution >= 0.6 is 0 Å². The minimum atomic E-state index is -0.995. The van der Waals surface area contributed by atoms with Crippen LogP contribution in [-0.2, 0) is 12.8 Å². The summed E-state index contributed by atoms with van der Waals surface area (Å²) in [5.41, 5.74) is 1.69. The van der Waals surface area contributed by atoms with Crippen LogP contribution in [0.25, 0.3) is 0 Å². The Morgan fingerprint density at radius 3 is 2.75 bits per heavy atom. The molecule has 0 amide bonds. The summed E-state index contributed by atoms with van der Waals surface area (Å²) in [7, 11) is 1.62. The van der Waals surface area contributed by atoms with E-state index in [9.17, 15) is 4.79 Å². The molecule has 0 saturated heterocycles. The summed E-state index contributed by atoms with van der Waals surface area (Å²) in [6, 6.07) is 7.64. The number of nitrogens with zero attached hydrogens (tertiary/aromatic N) is 2. The van der Waals surface area contributed by atoms with Crippen molar-refractivity contribution in [2.45, 2.75) is 19.8 Å². The lowest BCUT2D eigenvalue weighted by molar-refractivity contribution is 0.0694.